The van der Waals surface area contributed by atoms with Gasteiger partial charge in [-0.1, -0.05) is 11.6 Å². The third kappa shape index (κ3) is 4.30. The van der Waals surface area contributed by atoms with Crippen molar-refractivity contribution in [1.29, 1.82) is 0 Å². The van der Waals surface area contributed by atoms with Crippen molar-refractivity contribution >= 4 is 45.9 Å². The summed E-state index contributed by atoms with van der Waals surface area (Å²) >= 11 is 5.80. The lowest BCUT2D eigenvalue weighted by Crippen LogP contribution is -2.44. The molecule has 0 aliphatic carbocycles. The van der Waals surface area contributed by atoms with E-state index in [0.717, 1.165) is 6.07 Å². The van der Waals surface area contributed by atoms with Gasteiger partial charge >= 0.3 is 0 Å². The first-order valence-electron chi connectivity index (χ1n) is 9.83. The number of fused-ring (bicyclic) bond motifs is 1. The Hall–Kier alpha value is -3.43. The number of benzene rings is 2. The number of nitrogens with one attached hydrogen (secondary N) is 2. The monoisotopic (exact) mass is 458 g/mol. The first-order chi connectivity index (χ1) is 15.1. The number of amides is 3. The van der Waals surface area contributed by atoms with Crippen molar-refractivity contribution in [2.45, 2.75) is 25.0 Å². The summed E-state index contributed by atoms with van der Waals surface area (Å²) in [5, 5.41) is 14.3. The van der Waals surface area contributed by atoms with Crippen molar-refractivity contribution in [3.8, 4) is 0 Å². The van der Waals surface area contributed by atoms with E-state index >= 15 is 0 Å². The fraction of sp³-hybridized carbons (Fsp3) is 0.227. The number of halogens is 2. The van der Waals surface area contributed by atoms with E-state index < -0.39 is 35.6 Å². The van der Waals surface area contributed by atoms with Gasteiger partial charge in [-0.05, 0) is 48.0 Å². The van der Waals surface area contributed by atoms with E-state index in [1.54, 1.807) is 24.3 Å². The summed E-state index contributed by atoms with van der Waals surface area (Å²) in [6.45, 7) is 0.234. The van der Waals surface area contributed by atoms with Crippen LogP contribution < -0.4 is 16.0 Å². The number of carbonyl (C=O) groups excluding carboxylic acids is 3. The molecule has 32 heavy (non-hydrogen) atoms. The first-order valence-corrected chi connectivity index (χ1v) is 10.2. The van der Waals surface area contributed by atoms with Gasteiger partial charge in [0.2, 0.25) is 5.91 Å². The zero-order valence-electron chi connectivity index (χ0n) is 16.8. The Morgan fingerprint density at radius 1 is 1.25 bits per heavy atom. The summed E-state index contributed by atoms with van der Waals surface area (Å²) in [6, 6.07) is 10.6. The number of nitrogens with two attached hydrogens (primary N) is 1. The van der Waals surface area contributed by atoms with Gasteiger partial charge in [0.1, 0.15) is 11.5 Å². The number of carbonyl (C=O) groups is 3. The van der Waals surface area contributed by atoms with E-state index in [9.17, 15) is 23.9 Å². The average molecular weight is 459 g/mol. The smallest absolute Gasteiger partial charge is 0.265 e. The van der Waals surface area contributed by atoms with Crippen LogP contribution in [0.25, 0.3) is 10.9 Å². The number of hydrogen-bond acceptors (Lipinski definition) is 4. The van der Waals surface area contributed by atoms with E-state index in [1.165, 1.54) is 17.0 Å². The number of aromatic nitrogens is 1. The third-order valence-corrected chi connectivity index (χ3v) is 5.66. The second-order valence-corrected chi connectivity index (χ2v) is 8.22. The van der Waals surface area contributed by atoms with Crippen LogP contribution in [0.3, 0.4) is 0 Å². The SMILES string of the molecule is NC(=O)c1cc2cc(N3CC[C@](O)(CC(=O)NCc4cc(F)cc(Cl)c4)C3=O)ccc2[nH]1. The Morgan fingerprint density at radius 2 is 2.03 bits per heavy atom. The molecule has 166 valence electrons. The highest BCUT2D eigenvalue weighted by atomic mass is 35.5. The van der Waals surface area contributed by atoms with Crippen LogP contribution in [0, 0.1) is 5.82 Å². The number of nitrogens with zero attached hydrogens (tertiary/aromatic N) is 1. The third-order valence-electron chi connectivity index (χ3n) is 5.44. The molecular weight excluding hydrogens is 439 g/mol. The van der Waals surface area contributed by atoms with Crippen LogP contribution in [0.5, 0.6) is 0 Å². The molecule has 2 aromatic carbocycles. The number of aliphatic hydroxyl groups is 1. The molecule has 0 bridgehead atoms. The molecule has 0 radical (unpaired) electrons. The lowest BCUT2D eigenvalue weighted by Gasteiger charge is -2.22. The fourth-order valence-corrected chi connectivity index (χ4v) is 4.07. The quantitative estimate of drug-likeness (QED) is 0.451. The molecule has 10 heteroatoms. The Morgan fingerprint density at radius 3 is 2.75 bits per heavy atom. The van der Waals surface area contributed by atoms with Gasteiger partial charge in [-0.2, -0.15) is 0 Å². The van der Waals surface area contributed by atoms with E-state index in [2.05, 4.69) is 10.3 Å². The summed E-state index contributed by atoms with van der Waals surface area (Å²) < 4.78 is 13.4. The Kier molecular flexibility index (Phi) is 5.62. The highest BCUT2D eigenvalue weighted by molar-refractivity contribution is 6.30. The van der Waals surface area contributed by atoms with Crippen LogP contribution in [0.4, 0.5) is 10.1 Å². The van der Waals surface area contributed by atoms with Gasteiger partial charge in [0.15, 0.2) is 5.60 Å². The lowest BCUT2D eigenvalue weighted by molar-refractivity contribution is -0.139. The van der Waals surface area contributed by atoms with Gasteiger partial charge in [-0.3, -0.25) is 14.4 Å². The summed E-state index contributed by atoms with van der Waals surface area (Å²) in [4.78, 5) is 40.9. The normalized spacial score (nSPS) is 18.3. The molecule has 0 spiro atoms. The number of primary amides is 1. The standard InChI is InChI=1S/C22H20ClFN4O4/c23-14-5-12(6-15(24)9-14)11-26-19(29)10-22(32)3-4-28(21(22)31)16-1-2-17-13(7-16)8-18(27-17)20(25)30/h1-2,5-9,27,32H,3-4,10-11H2,(H2,25,30)(H,26,29)/t22-/m0/s1. The van der Waals surface area contributed by atoms with Gasteiger partial charge in [-0.15, -0.1) is 0 Å². The van der Waals surface area contributed by atoms with Crippen LogP contribution in [-0.4, -0.2) is 40.0 Å². The van der Waals surface area contributed by atoms with Crippen LogP contribution >= 0.6 is 11.6 Å². The van der Waals surface area contributed by atoms with E-state index in [4.69, 9.17) is 17.3 Å². The maximum Gasteiger partial charge on any atom is 0.265 e. The largest absolute Gasteiger partial charge is 0.379 e. The van der Waals surface area contributed by atoms with Crippen molar-refractivity contribution in [2.75, 3.05) is 11.4 Å². The number of aromatic amines is 1. The van der Waals surface area contributed by atoms with Crippen LogP contribution in [0.1, 0.15) is 28.9 Å². The van der Waals surface area contributed by atoms with Crippen LogP contribution in [-0.2, 0) is 16.1 Å². The minimum atomic E-state index is -1.85. The molecule has 5 N–H and O–H groups in total. The predicted molar refractivity (Wildman–Crippen MR) is 117 cm³/mol. The van der Waals surface area contributed by atoms with E-state index in [1.807, 2.05) is 0 Å². The van der Waals surface area contributed by atoms with Crippen molar-refractivity contribution in [2.24, 2.45) is 5.73 Å². The minimum absolute atomic E-state index is 0.0106. The molecule has 3 amide bonds. The summed E-state index contributed by atoms with van der Waals surface area (Å²) in [7, 11) is 0. The number of anilines is 1. The molecule has 0 saturated carbocycles. The van der Waals surface area contributed by atoms with Gasteiger partial charge in [0.25, 0.3) is 11.8 Å². The summed E-state index contributed by atoms with van der Waals surface area (Å²) in [6.07, 6.45) is -0.355. The van der Waals surface area contributed by atoms with Gasteiger partial charge in [0, 0.05) is 41.1 Å². The van der Waals surface area contributed by atoms with Crippen LogP contribution in [0.2, 0.25) is 5.02 Å². The molecule has 8 nitrogen and oxygen atoms in total. The molecule has 1 aliphatic rings. The van der Waals surface area contributed by atoms with Crippen LogP contribution in [0.15, 0.2) is 42.5 Å². The molecule has 0 unspecified atom stereocenters. The summed E-state index contributed by atoms with van der Waals surface area (Å²) in [5.41, 5.74) is 5.36. The molecule has 2 heterocycles. The van der Waals surface area contributed by atoms with Crippen molar-refractivity contribution in [3.63, 3.8) is 0 Å². The second-order valence-electron chi connectivity index (χ2n) is 7.79. The zero-order valence-corrected chi connectivity index (χ0v) is 17.6. The second kappa shape index (κ2) is 8.25. The Labute approximate surface area is 187 Å². The zero-order chi connectivity index (χ0) is 23.0. The fourth-order valence-electron chi connectivity index (χ4n) is 3.83. The molecule has 1 saturated heterocycles. The maximum atomic E-state index is 13.4. The molecule has 1 aromatic heterocycles. The lowest BCUT2D eigenvalue weighted by atomic mass is 9.97. The van der Waals surface area contributed by atoms with E-state index in [0.29, 0.717) is 22.2 Å². The topological polar surface area (TPSA) is 129 Å². The highest BCUT2D eigenvalue weighted by Gasteiger charge is 2.47. The number of H-pyrrole nitrogens is 1. The molecule has 1 aliphatic heterocycles. The minimum Gasteiger partial charge on any atom is -0.379 e. The average Bonchev–Trinajstić information content (AvgIpc) is 3.27. The molecule has 3 aromatic rings. The maximum absolute atomic E-state index is 13.4. The molecular formula is C22H20ClFN4O4. The number of hydrogen-bond donors (Lipinski definition) is 4. The first kappa shape index (κ1) is 21.8. The Balaban J connectivity index is 1.43. The predicted octanol–water partition coefficient (Wildman–Crippen LogP) is 2.23. The number of rotatable bonds is 6. The van der Waals surface area contributed by atoms with Crippen molar-refractivity contribution in [3.05, 3.63) is 64.6 Å². The Bertz CT molecular complexity index is 1220. The van der Waals surface area contributed by atoms with Gasteiger partial charge in [-0.25, -0.2) is 4.39 Å². The van der Waals surface area contributed by atoms with Gasteiger partial charge < -0.3 is 26.0 Å². The molecule has 1 atom stereocenters. The molecule has 1 fully saturated rings. The van der Waals surface area contributed by atoms with E-state index in [-0.39, 0.29) is 30.2 Å². The van der Waals surface area contributed by atoms with Crippen molar-refractivity contribution in [1.82, 2.24) is 10.3 Å². The summed E-state index contributed by atoms with van der Waals surface area (Å²) in [5.74, 6) is -2.26. The van der Waals surface area contributed by atoms with Crippen molar-refractivity contribution < 1.29 is 23.9 Å². The highest BCUT2D eigenvalue weighted by Crippen LogP contribution is 2.32. The van der Waals surface area contributed by atoms with Gasteiger partial charge in [0.05, 0.1) is 6.42 Å². The molecule has 4 rings (SSSR count).